The molecule has 0 radical (unpaired) electrons. The standard InChI is InChI=1S/C17H15BrO6/c1-21-13-7-8-14(17(20)22-2)15(9-13)24-16(19)10-23-12-5-3-11(18)4-6-12/h3-9H,10H2,1-2H3. The van der Waals surface area contributed by atoms with E-state index in [-0.39, 0.29) is 17.9 Å². The predicted octanol–water partition coefficient (Wildman–Crippen LogP) is 3.23. The van der Waals surface area contributed by atoms with Crippen LogP contribution in [-0.2, 0) is 9.53 Å². The number of rotatable bonds is 6. The number of carbonyl (C=O) groups excluding carboxylic acids is 2. The van der Waals surface area contributed by atoms with Crippen LogP contribution in [0, 0.1) is 0 Å². The van der Waals surface area contributed by atoms with E-state index in [1.807, 2.05) is 0 Å². The Bertz CT molecular complexity index is 726. The summed E-state index contributed by atoms with van der Waals surface area (Å²) in [6.45, 7) is -0.306. The summed E-state index contributed by atoms with van der Waals surface area (Å²) in [6, 6.07) is 11.5. The summed E-state index contributed by atoms with van der Waals surface area (Å²) in [6.07, 6.45) is 0. The zero-order valence-corrected chi connectivity index (χ0v) is 14.7. The van der Waals surface area contributed by atoms with E-state index in [2.05, 4.69) is 20.7 Å². The summed E-state index contributed by atoms with van der Waals surface area (Å²) in [7, 11) is 2.71. The van der Waals surface area contributed by atoms with E-state index in [1.54, 1.807) is 30.3 Å². The van der Waals surface area contributed by atoms with E-state index >= 15 is 0 Å². The van der Waals surface area contributed by atoms with Crippen molar-refractivity contribution in [1.29, 1.82) is 0 Å². The largest absolute Gasteiger partial charge is 0.497 e. The van der Waals surface area contributed by atoms with Crippen molar-refractivity contribution in [3.05, 3.63) is 52.5 Å². The van der Waals surface area contributed by atoms with Gasteiger partial charge in [0, 0.05) is 10.5 Å². The van der Waals surface area contributed by atoms with E-state index in [9.17, 15) is 9.59 Å². The van der Waals surface area contributed by atoms with Crippen LogP contribution in [0.1, 0.15) is 10.4 Å². The van der Waals surface area contributed by atoms with Gasteiger partial charge in [-0.3, -0.25) is 0 Å². The molecule has 0 aliphatic rings. The Morgan fingerprint density at radius 1 is 1.00 bits per heavy atom. The second kappa shape index (κ2) is 8.35. The quantitative estimate of drug-likeness (QED) is 0.553. The molecule has 0 heterocycles. The van der Waals surface area contributed by atoms with Crippen molar-refractivity contribution in [2.45, 2.75) is 0 Å². The van der Waals surface area contributed by atoms with Crippen molar-refractivity contribution >= 4 is 27.9 Å². The third kappa shape index (κ3) is 4.73. The van der Waals surface area contributed by atoms with E-state index in [1.165, 1.54) is 26.4 Å². The van der Waals surface area contributed by atoms with Crippen molar-refractivity contribution in [3.63, 3.8) is 0 Å². The minimum atomic E-state index is -0.656. The molecule has 0 aliphatic heterocycles. The molecule has 126 valence electrons. The molecule has 2 rings (SSSR count). The molecule has 2 aromatic carbocycles. The van der Waals surface area contributed by atoms with Crippen LogP contribution in [0.2, 0.25) is 0 Å². The minimum absolute atomic E-state index is 0.0469. The number of hydrogen-bond donors (Lipinski definition) is 0. The van der Waals surface area contributed by atoms with Crippen molar-refractivity contribution < 1.29 is 28.5 Å². The Labute approximate surface area is 147 Å². The Kier molecular flexibility index (Phi) is 6.20. The summed E-state index contributed by atoms with van der Waals surface area (Å²) >= 11 is 3.31. The smallest absolute Gasteiger partial charge is 0.349 e. The maximum absolute atomic E-state index is 12.0. The molecule has 0 bridgehead atoms. The lowest BCUT2D eigenvalue weighted by Gasteiger charge is -2.11. The second-order valence-corrected chi connectivity index (χ2v) is 5.49. The van der Waals surface area contributed by atoms with E-state index < -0.39 is 11.9 Å². The molecule has 0 saturated heterocycles. The van der Waals surface area contributed by atoms with Crippen molar-refractivity contribution in [2.75, 3.05) is 20.8 Å². The number of hydrogen-bond acceptors (Lipinski definition) is 6. The highest BCUT2D eigenvalue weighted by Gasteiger charge is 2.17. The molecule has 0 aromatic heterocycles. The van der Waals surface area contributed by atoms with Crippen LogP contribution in [0.25, 0.3) is 0 Å². The molecular weight excluding hydrogens is 380 g/mol. The number of halogens is 1. The van der Waals surface area contributed by atoms with Crippen LogP contribution < -0.4 is 14.2 Å². The van der Waals surface area contributed by atoms with Gasteiger partial charge in [0.1, 0.15) is 22.8 Å². The molecule has 0 N–H and O–H groups in total. The average molecular weight is 395 g/mol. The SMILES string of the molecule is COC(=O)c1ccc(OC)cc1OC(=O)COc1ccc(Br)cc1. The molecule has 7 heteroatoms. The van der Waals surface area contributed by atoms with Gasteiger partial charge < -0.3 is 18.9 Å². The zero-order valence-electron chi connectivity index (χ0n) is 13.1. The van der Waals surface area contributed by atoms with Crippen LogP contribution in [0.4, 0.5) is 0 Å². The van der Waals surface area contributed by atoms with E-state index in [0.717, 1.165) is 4.47 Å². The molecule has 2 aromatic rings. The first-order valence-corrected chi connectivity index (χ1v) is 7.68. The molecule has 0 amide bonds. The van der Waals surface area contributed by atoms with Crippen molar-refractivity contribution in [3.8, 4) is 17.2 Å². The lowest BCUT2D eigenvalue weighted by atomic mass is 10.2. The second-order valence-electron chi connectivity index (χ2n) is 4.57. The normalized spacial score (nSPS) is 9.96. The topological polar surface area (TPSA) is 71.1 Å². The van der Waals surface area contributed by atoms with Crippen LogP contribution in [0.3, 0.4) is 0 Å². The molecule has 0 unspecified atom stereocenters. The number of methoxy groups -OCH3 is 2. The third-order valence-electron chi connectivity index (χ3n) is 2.99. The average Bonchev–Trinajstić information content (AvgIpc) is 2.60. The van der Waals surface area contributed by atoms with Crippen LogP contribution >= 0.6 is 15.9 Å². The van der Waals surface area contributed by atoms with Gasteiger partial charge in [-0.05, 0) is 36.4 Å². The number of carbonyl (C=O) groups is 2. The maximum Gasteiger partial charge on any atom is 0.349 e. The van der Waals surface area contributed by atoms with Crippen molar-refractivity contribution in [2.24, 2.45) is 0 Å². The number of esters is 2. The van der Waals surface area contributed by atoms with Crippen LogP contribution in [0.15, 0.2) is 46.9 Å². The first-order valence-electron chi connectivity index (χ1n) is 6.89. The fourth-order valence-electron chi connectivity index (χ4n) is 1.82. The van der Waals surface area contributed by atoms with Gasteiger partial charge in [-0.1, -0.05) is 15.9 Å². The van der Waals surface area contributed by atoms with Gasteiger partial charge in [0.25, 0.3) is 0 Å². The van der Waals surface area contributed by atoms with Crippen LogP contribution in [0.5, 0.6) is 17.2 Å². The van der Waals surface area contributed by atoms with Gasteiger partial charge >= 0.3 is 11.9 Å². The summed E-state index contributed by atoms with van der Waals surface area (Å²) < 4.78 is 21.2. The molecule has 0 fully saturated rings. The van der Waals surface area contributed by atoms with Crippen molar-refractivity contribution in [1.82, 2.24) is 0 Å². The summed E-state index contributed by atoms with van der Waals surface area (Å²) in [4.78, 5) is 23.7. The minimum Gasteiger partial charge on any atom is -0.497 e. The van der Waals surface area contributed by atoms with Gasteiger partial charge in [-0.2, -0.15) is 0 Å². The maximum atomic E-state index is 12.0. The summed E-state index contributed by atoms with van der Waals surface area (Å²) in [5.41, 5.74) is 0.121. The Morgan fingerprint density at radius 3 is 2.29 bits per heavy atom. The predicted molar refractivity (Wildman–Crippen MR) is 89.6 cm³/mol. The third-order valence-corrected chi connectivity index (χ3v) is 3.52. The first-order chi connectivity index (χ1) is 11.5. The lowest BCUT2D eigenvalue weighted by molar-refractivity contribution is -0.136. The molecule has 0 spiro atoms. The highest BCUT2D eigenvalue weighted by molar-refractivity contribution is 9.10. The fraction of sp³-hybridized carbons (Fsp3) is 0.176. The summed E-state index contributed by atoms with van der Waals surface area (Å²) in [5.74, 6) is -0.260. The molecule has 6 nitrogen and oxygen atoms in total. The highest BCUT2D eigenvalue weighted by atomic mass is 79.9. The molecule has 0 atom stereocenters. The van der Waals surface area contributed by atoms with Gasteiger partial charge in [0.05, 0.1) is 14.2 Å². The molecule has 0 aliphatic carbocycles. The van der Waals surface area contributed by atoms with E-state index in [0.29, 0.717) is 11.5 Å². The monoisotopic (exact) mass is 394 g/mol. The highest BCUT2D eigenvalue weighted by Crippen LogP contribution is 2.26. The van der Waals surface area contributed by atoms with Gasteiger partial charge in [-0.15, -0.1) is 0 Å². The molecule has 0 saturated carbocycles. The Hall–Kier alpha value is -2.54. The molecular formula is C17H15BrO6. The number of ether oxygens (including phenoxy) is 4. The van der Waals surface area contributed by atoms with Gasteiger partial charge in [-0.25, -0.2) is 9.59 Å². The van der Waals surface area contributed by atoms with Gasteiger partial charge in [0.15, 0.2) is 6.61 Å². The van der Waals surface area contributed by atoms with E-state index in [4.69, 9.17) is 14.2 Å². The number of benzene rings is 2. The zero-order chi connectivity index (χ0) is 17.5. The van der Waals surface area contributed by atoms with Gasteiger partial charge in [0.2, 0.25) is 0 Å². The first kappa shape index (κ1) is 17.8. The van der Waals surface area contributed by atoms with Crippen LogP contribution in [-0.4, -0.2) is 32.8 Å². The Morgan fingerprint density at radius 2 is 1.67 bits per heavy atom. The Balaban J connectivity index is 2.06. The fourth-order valence-corrected chi connectivity index (χ4v) is 2.08. The molecule has 24 heavy (non-hydrogen) atoms. The summed E-state index contributed by atoms with van der Waals surface area (Å²) in [5, 5.41) is 0. The lowest BCUT2D eigenvalue weighted by Crippen LogP contribution is -2.19.